The highest BCUT2D eigenvalue weighted by Gasteiger charge is 2.33. The number of hydrogen-bond acceptors (Lipinski definition) is 3. The lowest BCUT2D eigenvalue weighted by molar-refractivity contribution is -0.130. The fraction of sp³-hybridized carbons (Fsp3) is 0.818. The summed E-state index contributed by atoms with van der Waals surface area (Å²) >= 11 is 5.08. The zero-order valence-electron chi connectivity index (χ0n) is 10.3. The summed E-state index contributed by atoms with van der Waals surface area (Å²) in [5, 5.41) is 0. The molecular formula is C11H21N3OS. The SMILES string of the molecule is CN(C)C(=O)CN1CCC(C)(C(N)=S)CC1. The summed E-state index contributed by atoms with van der Waals surface area (Å²) in [5.41, 5.74) is 5.71. The third-order valence-corrected chi connectivity index (χ3v) is 3.90. The molecule has 2 N–H and O–H groups in total. The summed E-state index contributed by atoms with van der Waals surface area (Å²) in [7, 11) is 3.57. The Hall–Kier alpha value is -0.680. The number of likely N-dealkylation sites (tertiary alicyclic amines) is 1. The predicted molar refractivity (Wildman–Crippen MR) is 69.3 cm³/mol. The number of rotatable bonds is 3. The summed E-state index contributed by atoms with van der Waals surface area (Å²) in [6.07, 6.45) is 1.89. The highest BCUT2D eigenvalue weighted by Crippen LogP contribution is 2.30. The summed E-state index contributed by atoms with van der Waals surface area (Å²) in [5.74, 6) is 0.152. The van der Waals surface area contributed by atoms with Gasteiger partial charge in [0.1, 0.15) is 0 Å². The first kappa shape index (κ1) is 13.4. The van der Waals surface area contributed by atoms with Crippen molar-refractivity contribution in [3.63, 3.8) is 0 Å². The standard InChI is InChI=1S/C11H21N3OS/c1-11(10(12)16)4-6-14(7-5-11)8-9(15)13(2)3/h4-8H2,1-3H3,(H2,12,16). The molecule has 1 heterocycles. The Kier molecular flexibility index (Phi) is 4.27. The molecule has 0 aromatic carbocycles. The third kappa shape index (κ3) is 3.15. The maximum atomic E-state index is 11.5. The Bertz CT molecular complexity index is 283. The number of carbonyl (C=O) groups excluding carboxylic acids is 1. The van der Waals surface area contributed by atoms with Gasteiger partial charge in [-0.05, 0) is 25.9 Å². The Morgan fingerprint density at radius 2 is 1.94 bits per heavy atom. The minimum absolute atomic E-state index is 0.0208. The molecular weight excluding hydrogens is 222 g/mol. The molecule has 0 aliphatic carbocycles. The quantitative estimate of drug-likeness (QED) is 0.732. The van der Waals surface area contributed by atoms with Crippen molar-refractivity contribution in [1.29, 1.82) is 0 Å². The van der Waals surface area contributed by atoms with Gasteiger partial charge in [0, 0.05) is 19.5 Å². The smallest absolute Gasteiger partial charge is 0.236 e. The lowest BCUT2D eigenvalue weighted by atomic mass is 9.80. The second-order valence-electron chi connectivity index (χ2n) is 4.99. The number of amides is 1. The van der Waals surface area contributed by atoms with E-state index in [0.29, 0.717) is 11.5 Å². The molecule has 0 aromatic rings. The van der Waals surface area contributed by atoms with Crippen LogP contribution in [0.3, 0.4) is 0 Å². The maximum Gasteiger partial charge on any atom is 0.236 e. The number of carbonyl (C=O) groups is 1. The molecule has 0 spiro atoms. The molecule has 1 aliphatic heterocycles. The van der Waals surface area contributed by atoms with Crippen LogP contribution in [0.5, 0.6) is 0 Å². The van der Waals surface area contributed by atoms with Gasteiger partial charge in [-0.15, -0.1) is 0 Å². The number of thiocarbonyl (C=S) groups is 1. The number of nitrogens with zero attached hydrogens (tertiary/aromatic N) is 2. The van der Waals surface area contributed by atoms with E-state index in [1.54, 1.807) is 19.0 Å². The second-order valence-corrected chi connectivity index (χ2v) is 5.43. The van der Waals surface area contributed by atoms with Crippen LogP contribution in [0.2, 0.25) is 0 Å². The van der Waals surface area contributed by atoms with Crippen LogP contribution in [0.4, 0.5) is 0 Å². The Morgan fingerprint density at radius 1 is 1.44 bits per heavy atom. The fourth-order valence-corrected chi connectivity index (χ4v) is 1.99. The predicted octanol–water partition coefficient (Wildman–Crippen LogP) is 0.463. The highest BCUT2D eigenvalue weighted by atomic mass is 32.1. The highest BCUT2D eigenvalue weighted by molar-refractivity contribution is 7.80. The lowest BCUT2D eigenvalue weighted by Crippen LogP contribution is -2.47. The van der Waals surface area contributed by atoms with Crippen molar-refractivity contribution in [2.24, 2.45) is 11.1 Å². The monoisotopic (exact) mass is 243 g/mol. The van der Waals surface area contributed by atoms with Crippen molar-refractivity contribution >= 4 is 23.1 Å². The van der Waals surface area contributed by atoms with Crippen molar-refractivity contribution < 1.29 is 4.79 Å². The fourth-order valence-electron chi connectivity index (χ4n) is 1.78. The van der Waals surface area contributed by atoms with E-state index in [-0.39, 0.29) is 11.3 Å². The summed E-state index contributed by atoms with van der Waals surface area (Å²) in [6, 6.07) is 0. The van der Waals surface area contributed by atoms with Gasteiger partial charge in [-0.25, -0.2) is 0 Å². The third-order valence-electron chi connectivity index (χ3n) is 3.41. The van der Waals surface area contributed by atoms with E-state index in [0.717, 1.165) is 25.9 Å². The van der Waals surface area contributed by atoms with Crippen LogP contribution < -0.4 is 5.73 Å². The van der Waals surface area contributed by atoms with Gasteiger partial charge in [0.25, 0.3) is 0 Å². The van der Waals surface area contributed by atoms with E-state index in [9.17, 15) is 4.79 Å². The van der Waals surface area contributed by atoms with Crippen LogP contribution in [0, 0.1) is 5.41 Å². The van der Waals surface area contributed by atoms with Crippen LogP contribution in [0.15, 0.2) is 0 Å². The van der Waals surface area contributed by atoms with Gasteiger partial charge in [0.05, 0.1) is 11.5 Å². The van der Waals surface area contributed by atoms with Crippen molar-refractivity contribution in [3.05, 3.63) is 0 Å². The molecule has 0 bridgehead atoms. The van der Waals surface area contributed by atoms with Crippen molar-refractivity contribution in [2.75, 3.05) is 33.7 Å². The second kappa shape index (κ2) is 5.10. The molecule has 0 saturated carbocycles. The average molecular weight is 243 g/mol. The number of likely N-dealkylation sites (N-methyl/N-ethyl adjacent to an activating group) is 1. The first-order chi connectivity index (χ1) is 7.35. The Labute approximate surface area is 103 Å². The molecule has 0 atom stereocenters. The summed E-state index contributed by atoms with van der Waals surface area (Å²) in [4.78, 5) is 15.9. The molecule has 16 heavy (non-hydrogen) atoms. The molecule has 1 fully saturated rings. The Balaban J connectivity index is 2.44. The number of nitrogens with two attached hydrogens (primary N) is 1. The zero-order valence-corrected chi connectivity index (χ0v) is 11.1. The summed E-state index contributed by atoms with van der Waals surface area (Å²) in [6.45, 7) is 4.40. The number of piperidine rings is 1. The minimum atomic E-state index is -0.0208. The normalized spacial score (nSPS) is 20.4. The van der Waals surface area contributed by atoms with E-state index < -0.39 is 0 Å². The lowest BCUT2D eigenvalue weighted by Gasteiger charge is -2.38. The minimum Gasteiger partial charge on any atom is -0.393 e. The molecule has 5 heteroatoms. The van der Waals surface area contributed by atoms with Crippen molar-refractivity contribution in [2.45, 2.75) is 19.8 Å². The van der Waals surface area contributed by atoms with Crippen LogP contribution in [-0.2, 0) is 4.79 Å². The maximum absolute atomic E-state index is 11.5. The van der Waals surface area contributed by atoms with Gasteiger partial charge in [-0.3, -0.25) is 9.69 Å². The van der Waals surface area contributed by atoms with Crippen LogP contribution in [-0.4, -0.2) is 54.4 Å². The van der Waals surface area contributed by atoms with Crippen molar-refractivity contribution in [1.82, 2.24) is 9.80 Å². The molecule has 1 rings (SSSR count). The van der Waals surface area contributed by atoms with E-state index in [1.165, 1.54) is 0 Å². The molecule has 92 valence electrons. The topological polar surface area (TPSA) is 49.6 Å². The van der Waals surface area contributed by atoms with Gasteiger partial charge in [0.2, 0.25) is 5.91 Å². The molecule has 0 aromatic heterocycles. The molecule has 0 unspecified atom stereocenters. The van der Waals surface area contributed by atoms with Crippen LogP contribution in [0.25, 0.3) is 0 Å². The summed E-state index contributed by atoms with van der Waals surface area (Å²) < 4.78 is 0. The number of hydrogen-bond donors (Lipinski definition) is 1. The molecule has 4 nitrogen and oxygen atoms in total. The van der Waals surface area contributed by atoms with Crippen LogP contribution in [0.1, 0.15) is 19.8 Å². The van der Waals surface area contributed by atoms with Gasteiger partial charge in [-0.1, -0.05) is 19.1 Å². The first-order valence-corrected chi connectivity index (χ1v) is 5.98. The first-order valence-electron chi connectivity index (χ1n) is 5.57. The molecule has 1 aliphatic rings. The van der Waals surface area contributed by atoms with Crippen LogP contribution >= 0.6 is 12.2 Å². The van der Waals surface area contributed by atoms with Crippen molar-refractivity contribution in [3.8, 4) is 0 Å². The largest absolute Gasteiger partial charge is 0.393 e. The van der Waals surface area contributed by atoms with E-state index in [2.05, 4.69) is 11.8 Å². The molecule has 0 radical (unpaired) electrons. The molecule has 1 amide bonds. The molecule has 1 saturated heterocycles. The zero-order chi connectivity index (χ0) is 12.3. The Morgan fingerprint density at radius 3 is 2.31 bits per heavy atom. The van der Waals surface area contributed by atoms with Gasteiger partial charge >= 0.3 is 0 Å². The van der Waals surface area contributed by atoms with E-state index in [1.807, 2.05) is 0 Å². The van der Waals surface area contributed by atoms with Gasteiger partial charge in [0.15, 0.2) is 0 Å². The van der Waals surface area contributed by atoms with E-state index in [4.69, 9.17) is 18.0 Å². The van der Waals surface area contributed by atoms with E-state index >= 15 is 0 Å². The van der Waals surface area contributed by atoms with Gasteiger partial charge < -0.3 is 10.6 Å². The average Bonchev–Trinajstić information content (AvgIpc) is 2.21. The van der Waals surface area contributed by atoms with Gasteiger partial charge in [-0.2, -0.15) is 0 Å².